The number of hydrogen-bond acceptors (Lipinski definition) is 5. The van der Waals surface area contributed by atoms with E-state index in [1.807, 2.05) is 24.3 Å². The summed E-state index contributed by atoms with van der Waals surface area (Å²) in [6.07, 6.45) is 1.64. The van der Waals surface area contributed by atoms with Gasteiger partial charge in [-0.15, -0.1) is 0 Å². The predicted octanol–water partition coefficient (Wildman–Crippen LogP) is 0.876. The minimum absolute atomic E-state index is 0.326. The molecular weight excluding hydrogens is 348 g/mol. The number of β-lactam (4-membered cyclic amide) rings is 1. The summed E-state index contributed by atoms with van der Waals surface area (Å²) in [6, 6.07) is 6.20. The van der Waals surface area contributed by atoms with Gasteiger partial charge in [0.15, 0.2) is 6.04 Å². The number of nitrogens with zero attached hydrogens (tertiary/aromatic N) is 2. The predicted molar refractivity (Wildman–Crippen MR) is 98.3 cm³/mol. The van der Waals surface area contributed by atoms with Gasteiger partial charge in [0, 0.05) is 19.6 Å². The maximum Gasteiger partial charge on any atom is 0.327 e. The summed E-state index contributed by atoms with van der Waals surface area (Å²) in [5, 5.41) is 12.4. The molecule has 0 aromatic heterocycles. The van der Waals surface area contributed by atoms with Crippen molar-refractivity contribution in [3.63, 3.8) is 0 Å². The summed E-state index contributed by atoms with van der Waals surface area (Å²) in [6.45, 7) is 4.88. The first-order valence-corrected chi connectivity index (χ1v) is 9.00. The van der Waals surface area contributed by atoms with Crippen molar-refractivity contribution >= 4 is 17.9 Å². The van der Waals surface area contributed by atoms with Crippen molar-refractivity contribution in [1.29, 1.82) is 0 Å². The topological polar surface area (TPSA) is 116 Å². The number of benzene rings is 1. The number of urea groups is 1. The van der Waals surface area contributed by atoms with Gasteiger partial charge in [0.1, 0.15) is 0 Å². The maximum absolute atomic E-state index is 12.8. The van der Waals surface area contributed by atoms with E-state index < -0.39 is 29.9 Å². The molecule has 2 aliphatic heterocycles. The van der Waals surface area contributed by atoms with Crippen molar-refractivity contribution in [2.75, 3.05) is 13.1 Å². The van der Waals surface area contributed by atoms with E-state index in [4.69, 9.17) is 5.73 Å². The Morgan fingerprint density at radius 1 is 1.30 bits per heavy atom. The van der Waals surface area contributed by atoms with E-state index in [9.17, 15) is 19.5 Å². The molecule has 3 rings (SSSR count). The molecular formula is C19H24N4O4. The van der Waals surface area contributed by atoms with Crippen molar-refractivity contribution in [1.82, 2.24) is 15.1 Å². The van der Waals surface area contributed by atoms with E-state index in [2.05, 4.69) is 11.9 Å². The second-order valence-corrected chi connectivity index (χ2v) is 6.91. The minimum Gasteiger partial charge on any atom is -0.480 e. The van der Waals surface area contributed by atoms with Crippen molar-refractivity contribution in [2.45, 2.75) is 31.8 Å². The fraction of sp³-hybridized carbons (Fsp3) is 0.421. The van der Waals surface area contributed by atoms with Crippen LogP contribution >= 0.6 is 0 Å². The van der Waals surface area contributed by atoms with Crippen molar-refractivity contribution < 1.29 is 19.5 Å². The molecule has 1 fully saturated rings. The molecule has 1 aromatic rings. The number of fused-ring (bicyclic) bond motifs is 1. The van der Waals surface area contributed by atoms with Gasteiger partial charge in [-0.1, -0.05) is 30.8 Å². The van der Waals surface area contributed by atoms with Crippen LogP contribution < -0.4 is 11.1 Å². The lowest BCUT2D eigenvalue weighted by molar-refractivity contribution is -0.167. The zero-order valence-corrected chi connectivity index (χ0v) is 15.1. The van der Waals surface area contributed by atoms with Gasteiger partial charge in [-0.05, 0) is 30.4 Å². The number of aliphatic carboxylic acids is 1. The highest BCUT2D eigenvalue weighted by Crippen LogP contribution is 2.33. The Hall–Kier alpha value is -3.03. The molecule has 2 aliphatic rings. The second kappa shape index (κ2) is 7.69. The number of imide groups is 1. The van der Waals surface area contributed by atoms with Crippen LogP contribution in [-0.4, -0.2) is 51.9 Å². The number of nitrogens with one attached hydrogen (secondary N) is 1. The highest BCUT2D eigenvalue weighted by atomic mass is 16.4. The van der Waals surface area contributed by atoms with E-state index >= 15 is 0 Å². The van der Waals surface area contributed by atoms with Gasteiger partial charge in [0.2, 0.25) is 5.91 Å². The second-order valence-electron chi connectivity index (χ2n) is 6.91. The number of carboxylic acids is 1. The molecule has 0 aliphatic carbocycles. The van der Waals surface area contributed by atoms with Crippen LogP contribution in [-0.2, 0) is 22.6 Å². The first kappa shape index (κ1) is 18.8. The van der Waals surface area contributed by atoms with Crippen molar-refractivity contribution in [3.8, 4) is 0 Å². The SMILES string of the molecule is C=C(N)NCCCC1C(=O)N(C(=O)N2CCc3ccccc3C2)C1C(=O)O. The molecule has 0 radical (unpaired) electrons. The number of carboxylic acid groups (broad SMARTS) is 1. The number of carbonyl (C=O) groups is 3. The third-order valence-electron chi connectivity index (χ3n) is 5.12. The average molecular weight is 372 g/mol. The number of likely N-dealkylation sites (tertiary alicyclic amines) is 1. The van der Waals surface area contributed by atoms with E-state index in [1.165, 1.54) is 5.56 Å². The third kappa shape index (κ3) is 3.74. The molecule has 4 N–H and O–H groups in total. The maximum atomic E-state index is 12.8. The summed E-state index contributed by atoms with van der Waals surface area (Å²) in [5.41, 5.74) is 7.62. The normalized spacial score (nSPS) is 21.3. The van der Waals surface area contributed by atoms with E-state index in [1.54, 1.807) is 4.90 Å². The minimum atomic E-state index is -1.15. The molecule has 0 saturated carbocycles. The van der Waals surface area contributed by atoms with Crippen LogP contribution in [0, 0.1) is 5.92 Å². The quantitative estimate of drug-likeness (QED) is 0.504. The summed E-state index contributed by atoms with van der Waals surface area (Å²) in [5.74, 6) is -1.93. The standard InChI is InChI=1S/C19H24N4O4/c1-12(20)21-9-4-7-15-16(18(25)26)23(17(15)24)19(27)22-10-8-13-5-2-3-6-14(13)11-22/h2-3,5-6,15-16,21H,1,4,7-11,20H2,(H,25,26). The van der Waals surface area contributed by atoms with Gasteiger partial charge in [-0.25, -0.2) is 14.5 Å². The van der Waals surface area contributed by atoms with Crippen LogP contribution in [0.25, 0.3) is 0 Å². The molecule has 8 heteroatoms. The number of carbonyl (C=O) groups excluding carboxylic acids is 2. The highest BCUT2D eigenvalue weighted by Gasteiger charge is 2.55. The Labute approximate surface area is 157 Å². The molecule has 2 unspecified atom stereocenters. The molecule has 0 bridgehead atoms. The van der Waals surface area contributed by atoms with E-state index in [-0.39, 0.29) is 0 Å². The molecule has 3 amide bonds. The fourth-order valence-corrected chi connectivity index (χ4v) is 3.71. The van der Waals surface area contributed by atoms with Crippen LogP contribution in [0.5, 0.6) is 0 Å². The Morgan fingerprint density at radius 2 is 2.00 bits per heavy atom. The number of hydrogen-bond donors (Lipinski definition) is 3. The molecule has 1 saturated heterocycles. The van der Waals surface area contributed by atoms with E-state index in [0.717, 1.165) is 10.5 Å². The molecule has 8 nitrogen and oxygen atoms in total. The zero-order valence-electron chi connectivity index (χ0n) is 15.1. The highest BCUT2D eigenvalue weighted by molar-refractivity contribution is 6.07. The third-order valence-corrected chi connectivity index (χ3v) is 5.12. The number of rotatable bonds is 6. The van der Waals surface area contributed by atoms with Crippen LogP contribution in [0.1, 0.15) is 24.0 Å². The summed E-state index contributed by atoms with van der Waals surface area (Å²) in [4.78, 5) is 39.4. The Balaban J connectivity index is 1.64. The van der Waals surface area contributed by atoms with Gasteiger partial charge >= 0.3 is 12.0 Å². The summed E-state index contributed by atoms with van der Waals surface area (Å²) >= 11 is 0. The first-order valence-electron chi connectivity index (χ1n) is 9.00. The Kier molecular flexibility index (Phi) is 5.34. The lowest BCUT2D eigenvalue weighted by Crippen LogP contribution is -2.68. The largest absolute Gasteiger partial charge is 0.480 e. The fourth-order valence-electron chi connectivity index (χ4n) is 3.71. The first-order chi connectivity index (χ1) is 12.9. The van der Waals surface area contributed by atoms with Crippen LogP contribution in [0.3, 0.4) is 0 Å². The molecule has 144 valence electrons. The smallest absolute Gasteiger partial charge is 0.327 e. The molecule has 27 heavy (non-hydrogen) atoms. The van der Waals surface area contributed by atoms with Gasteiger partial charge in [0.05, 0.1) is 11.7 Å². The van der Waals surface area contributed by atoms with Gasteiger partial charge in [-0.2, -0.15) is 0 Å². The zero-order chi connectivity index (χ0) is 19.6. The van der Waals surface area contributed by atoms with Gasteiger partial charge < -0.3 is 21.1 Å². The molecule has 1 aromatic carbocycles. The van der Waals surface area contributed by atoms with Crippen LogP contribution in [0.15, 0.2) is 36.7 Å². The van der Waals surface area contributed by atoms with Gasteiger partial charge in [0.25, 0.3) is 0 Å². The Morgan fingerprint density at radius 3 is 2.67 bits per heavy atom. The average Bonchev–Trinajstić information content (AvgIpc) is 2.64. The number of amides is 3. The van der Waals surface area contributed by atoms with Crippen molar-refractivity contribution in [2.24, 2.45) is 11.7 Å². The lowest BCUT2D eigenvalue weighted by Gasteiger charge is -2.45. The summed E-state index contributed by atoms with van der Waals surface area (Å²) in [7, 11) is 0. The molecule has 0 spiro atoms. The molecule has 2 atom stereocenters. The van der Waals surface area contributed by atoms with Gasteiger partial charge in [-0.3, -0.25) is 4.79 Å². The lowest BCUT2D eigenvalue weighted by atomic mass is 9.83. The number of nitrogens with two attached hydrogens (primary N) is 1. The summed E-state index contributed by atoms with van der Waals surface area (Å²) < 4.78 is 0. The monoisotopic (exact) mass is 372 g/mol. The van der Waals surface area contributed by atoms with Crippen LogP contribution in [0.4, 0.5) is 4.79 Å². The van der Waals surface area contributed by atoms with Crippen molar-refractivity contribution in [3.05, 3.63) is 47.8 Å². The van der Waals surface area contributed by atoms with Crippen LogP contribution in [0.2, 0.25) is 0 Å². The molecule has 2 heterocycles. The Bertz CT molecular complexity index is 779. The van der Waals surface area contributed by atoms with E-state index in [0.29, 0.717) is 44.7 Å².